The van der Waals surface area contributed by atoms with E-state index in [1.54, 1.807) is 39.3 Å². The van der Waals surface area contributed by atoms with E-state index in [1.165, 1.54) is 6.26 Å². The van der Waals surface area contributed by atoms with Crippen LogP contribution in [0.25, 0.3) is 0 Å². The van der Waals surface area contributed by atoms with Crippen molar-refractivity contribution in [2.75, 3.05) is 26.1 Å². The number of anilines is 2. The molecule has 1 aromatic heterocycles. The zero-order valence-corrected chi connectivity index (χ0v) is 12.0. The predicted octanol–water partition coefficient (Wildman–Crippen LogP) is 2.61. The number of carbonyl (C=O) groups excluding carboxylic acids is 1. The molecule has 1 heterocycles. The SMILES string of the molecule is CCOC(=O)c1coc(Nc2ccc(OC)c(OC)c2)n1. The number of nitrogens with one attached hydrogen (secondary N) is 1. The Kier molecular flexibility index (Phi) is 4.65. The molecular weight excluding hydrogens is 276 g/mol. The number of hydrogen-bond donors (Lipinski definition) is 1. The second-order valence-corrected chi connectivity index (χ2v) is 3.95. The molecule has 0 saturated carbocycles. The average Bonchev–Trinajstić information content (AvgIpc) is 2.96. The van der Waals surface area contributed by atoms with Crippen molar-refractivity contribution < 1.29 is 23.4 Å². The van der Waals surface area contributed by atoms with Gasteiger partial charge in [-0.05, 0) is 19.1 Å². The molecule has 21 heavy (non-hydrogen) atoms. The van der Waals surface area contributed by atoms with Gasteiger partial charge in [0.2, 0.25) is 0 Å². The Morgan fingerprint density at radius 3 is 2.71 bits per heavy atom. The van der Waals surface area contributed by atoms with Gasteiger partial charge in [0, 0.05) is 11.8 Å². The molecule has 0 bridgehead atoms. The first-order chi connectivity index (χ1) is 10.2. The highest BCUT2D eigenvalue weighted by Gasteiger charge is 2.13. The Bertz CT molecular complexity index is 624. The number of rotatable bonds is 6. The van der Waals surface area contributed by atoms with Crippen molar-refractivity contribution in [2.45, 2.75) is 6.92 Å². The second kappa shape index (κ2) is 6.65. The first-order valence-electron chi connectivity index (χ1n) is 6.29. The highest BCUT2D eigenvalue weighted by molar-refractivity contribution is 5.87. The summed E-state index contributed by atoms with van der Waals surface area (Å²) in [5, 5.41) is 2.93. The molecule has 2 rings (SSSR count). The van der Waals surface area contributed by atoms with E-state index in [1.807, 2.05) is 0 Å². The smallest absolute Gasteiger partial charge is 0.360 e. The molecule has 7 nitrogen and oxygen atoms in total. The summed E-state index contributed by atoms with van der Waals surface area (Å²) in [6.45, 7) is 2.00. The quantitative estimate of drug-likeness (QED) is 0.819. The maximum absolute atomic E-state index is 11.5. The average molecular weight is 292 g/mol. The van der Waals surface area contributed by atoms with Gasteiger partial charge in [-0.15, -0.1) is 0 Å². The minimum absolute atomic E-state index is 0.111. The molecular formula is C14H16N2O5. The van der Waals surface area contributed by atoms with Crippen LogP contribution in [0.15, 0.2) is 28.9 Å². The fourth-order valence-corrected chi connectivity index (χ4v) is 1.67. The van der Waals surface area contributed by atoms with Crippen LogP contribution in [0.1, 0.15) is 17.4 Å². The Balaban J connectivity index is 2.13. The molecule has 0 aliphatic rings. The van der Waals surface area contributed by atoms with E-state index in [0.29, 0.717) is 17.2 Å². The molecule has 0 spiro atoms. The molecule has 112 valence electrons. The summed E-state index contributed by atoms with van der Waals surface area (Å²) in [7, 11) is 3.11. The van der Waals surface area contributed by atoms with Crippen LogP contribution < -0.4 is 14.8 Å². The number of ether oxygens (including phenoxy) is 3. The summed E-state index contributed by atoms with van der Waals surface area (Å²) in [6, 6.07) is 5.43. The molecule has 2 aromatic rings. The van der Waals surface area contributed by atoms with Gasteiger partial charge in [0.25, 0.3) is 6.01 Å². The molecule has 1 aromatic carbocycles. The van der Waals surface area contributed by atoms with E-state index >= 15 is 0 Å². The number of benzene rings is 1. The maximum Gasteiger partial charge on any atom is 0.360 e. The van der Waals surface area contributed by atoms with E-state index in [-0.39, 0.29) is 18.3 Å². The summed E-state index contributed by atoms with van der Waals surface area (Å²) in [5.41, 5.74) is 0.796. The van der Waals surface area contributed by atoms with Gasteiger partial charge in [0.1, 0.15) is 6.26 Å². The number of oxazole rings is 1. The third kappa shape index (κ3) is 3.44. The first kappa shape index (κ1) is 14.7. The number of esters is 1. The molecule has 0 atom stereocenters. The number of aromatic nitrogens is 1. The Hall–Kier alpha value is -2.70. The zero-order valence-electron chi connectivity index (χ0n) is 12.0. The highest BCUT2D eigenvalue weighted by atomic mass is 16.5. The van der Waals surface area contributed by atoms with Gasteiger partial charge in [-0.3, -0.25) is 0 Å². The Morgan fingerprint density at radius 1 is 1.29 bits per heavy atom. The molecule has 0 saturated heterocycles. The van der Waals surface area contributed by atoms with Gasteiger partial charge in [-0.2, -0.15) is 4.98 Å². The minimum Gasteiger partial charge on any atom is -0.493 e. The van der Waals surface area contributed by atoms with E-state index in [2.05, 4.69) is 10.3 Å². The lowest BCUT2D eigenvalue weighted by atomic mass is 10.3. The molecule has 7 heteroatoms. The second-order valence-electron chi connectivity index (χ2n) is 3.95. The van der Waals surface area contributed by atoms with Crippen LogP contribution >= 0.6 is 0 Å². The monoisotopic (exact) mass is 292 g/mol. The van der Waals surface area contributed by atoms with Crippen molar-refractivity contribution in [3.8, 4) is 11.5 Å². The molecule has 1 N–H and O–H groups in total. The van der Waals surface area contributed by atoms with E-state index in [9.17, 15) is 4.79 Å². The van der Waals surface area contributed by atoms with Crippen LogP contribution in [0, 0.1) is 0 Å². The lowest BCUT2D eigenvalue weighted by Gasteiger charge is -2.09. The molecule has 0 amide bonds. The normalized spacial score (nSPS) is 10.0. The molecule has 0 aliphatic heterocycles. The van der Waals surface area contributed by atoms with E-state index in [4.69, 9.17) is 18.6 Å². The van der Waals surface area contributed by atoms with Crippen LogP contribution in [0.3, 0.4) is 0 Å². The summed E-state index contributed by atoms with van der Waals surface area (Å²) >= 11 is 0. The van der Waals surface area contributed by atoms with Gasteiger partial charge >= 0.3 is 5.97 Å². The third-order valence-electron chi connectivity index (χ3n) is 2.62. The minimum atomic E-state index is -0.526. The third-order valence-corrected chi connectivity index (χ3v) is 2.62. The van der Waals surface area contributed by atoms with Crippen molar-refractivity contribution in [1.82, 2.24) is 4.98 Å². The fraction of sp³-hybridized carbons (Fsp3) is 0.286. The lowest BCUT2D eigenvalue weighted by Crippen LogP contribution is -2.05. The van der Waals surface area contributed by atoms with E-state index in [0.717, 1.165) is 0 Å². The van der Waals surface area contributed by atoms with Crippen molar-refractivity contribution in [2.24, 2.45) is 0 Å². The Morgan fingerprint density at radius 2 is 2.05 bits per heavy atom. The van der Waals surface area contributed by atoms with Crippen LogP contribution in [0.4, 0.5) is 11.7 Å². The zero-order chi connectivity index (χ0) is 15.2. The maximum atomic E-state index is 11.5. The molecule has 0 unspecified atom stereocenters. The van der Waals surface area contributed by atoms with Gasteiger partial charge in [0.05, 0.1) is 20.8 Å². The number of hydrogen-bond acceptors (Lipinski definition) is 7. The van der Waals surface area contributed by atoms with Crippen molar-refractivity contribution in [3.05, 3.63) is 30.2 Å². The van der Waals surface area contributed by atoms with Gasteiger partial charge in [0.15, 0.2) is 17.2 Å². The predicted molar refractivity (Wildman–Crippen MR) is 75.3 cm³/mol. The fourth-order valence-electron chi connectivity index (χ4n) is 1.67. The highest BCUT2D eigenvalue weighted by Crippen LogP contribution is 2.30. The van der Waals surface area contributed by atoms with Crippen LogP contribution in [-0.2, 0) is 4.74 Å². The largest absolute Gasteiger partial charge is 0.493 e. The summed E-state index contributed by atoms with van der Waals surface area (Å²) in [4.78, 5) is 15.5. The topological polar surface area (TPSA) is 82.8 Å². The van der Waals surface area contributed by atoms with E-state index < -0.39 is 5.97 Å². The number of nitrogens with zero attached hydrogens (tertiary/aromatic N) is 1. The lowest BCUT2D eigenvalue weighted by molar-refractivity contribution is 0.0519. The van der Waals surface area contributed by atoms with Crippen molar-refractivity contribution in [3.63, 3.8) is 0 Å². The van der Waals surface area contributed by atoms with Crippen molar-refractivity contribution >= 4 is 17.7 Å². The summed E-state index contributed by atoms with van der Waals surface area (Å²) < 4.78 is 20.4. The van der Waals surface area contributed by atoms with Crippen LogP contribution in [-0.4, -0.2) is 31.8 Å². The van der Waals surface area contributed by atoms with Crippen LogP contribution in [0.2, 0.25) is 0 Å². The number of methoxy groups -OCH3 is 2. The molecule has 0 fully saturated rings. The summed E-state index contributed by atoms with van der Waals surface area (Å²) in [5.74, 6) is 0.656. The molecule has 0 aliphatic carbocycles. The van der Waals surface area contributed by atoms with Gasteiger partial charge in [-0.1, -0.05) is 0 Å². The number of carbonyl (C=O) groups is 1. The first-order valence-corrected chi connectivity index (χ1v) is 6.29. The van der Waals surface area contributed by atoms with Gasteiger partial charge in [-0.25, -0.2) is 4.79 Å². The summed E-state index contributed by atoms with van der Waals surface area (Å²) in [6.07, 6.45) is 1.24. The Labute approximate surface area is 121 Å². The van der Waals surface area contributed by atoms with Crippen molar-refractivity contribution in [1.29, 1.82) is 0 Å². The molecule has 0 radical (unpaired) electrons. The standard InChI is InChI=1S/C14H16N2O5/c1-4-20-13(17)10-8-21-14(16-10)15-9-5-6-11(18-2)12(7-9)19-3/h5-8H,4H2,1-3H3,(H,15,16). The van der Waals surface area contributed by atoms with Crippen LogP contribution in [0.5, 0.6) is 11.5 Å². The van der Waals surface area contributed by atoms with Gasteiger partial charge < -0.3 is 23.9 Å².